The van der Waals surface area contributed by atoms with E-state index in [0.717, 1.165) is 0 Å². The highest BCUT2D eigenvalue weighted by Crippen LogP contribution is 2.34. The molecule has 0 bridgehead atoms. The van der Waals surface area contributed by atoms with E-state index >= 15 is 0 Å². The summed E-state index contributed by atoms with van der Waals surface area (Å²) in [4.78, 5) is 12.6. The molecule has 1 saturated carbocycles. The fourth-order valence-electron chi connectivity index (χ4n) is 0.919. The molecule has 0 unspecified atom stereocenters. The summed E-state index contributed by atoms with van der Waals surface area (Å²) in [5.74, 6) is 0. The normalized spacial score (nSPS) is 30.6. The van der Waals surface area contributed by atoms with E-state index in [9.17, 15) is 0 Å². The van der Waals surface area contributed by atoms with E-state index in [2.05, 4.69) is 14.5 Å². The zero-order chi connectivity index (χ0) is 11.6. The lowest BCUT2D eigenvalue weighted by molar-refractivity contribution is -0.516. The van der Waals surface area contributed by atoms with Crippen molar-refractivity contribution in [2.24, 2.45) is 0 Å². The van der Waals surface area contributed by atoms with E-state index in [0.29, 0.717) is 0 Å². The van der Waals surface area contributed by atoms with Gasteiger partial charge in [-0.05, 0) is 0 Å². The monoisotopic (exact) mass is 231 g/mol. The van der Waals surface area contributed by atoms with Gasteiger partial charge >= 0.3 is 0 Å². The maximum absolute atomic E-state index is 8.24. The molecule has 0 saturated heterocycles. The topological polar surface area (TPSA) is 159 Å². The van der Waals surface area contributed by atoms with Gasteiger partial charge in [-0.2, -0.15) is 0 Å². The van der Waals surface area contributed by atoms with Gasteiger partial charge in [0.15, 0.2) is 0 Å². The van der Waals surface area contributed by atoms with Crippen LogP contribution in [0.25, 0.3) is 0 Å². The first-order chi connectivity index (χ1) is 6.91. The van der Waals surface area contributed by atoms with Gasteiger partial charge in [0, 0.05) is 0 Å². The summed E-state index contributed by atoms with van der Waals surface area (Å²) in [5.41, 5.74) is 0. The number of hydrogen-bond acceptors (Lipinski definition) is 12. The first-order valence-corrected chi connectivity index (χ1v) is 3.45. The van der Waals surface area contributed by atoms with Crippen LogP contribution < -0.4 is 0 Å². The maximum atomic E-state index is 8.24. The zero-order valence-corrected chi connectivity index (χ0v) is 6.98. The molecule has 0 atom stereocenters. The van der Waals surface area contributed by atoms with Crippen molar-refractivity contribution < 1.29 is 45.8 Å². The van der Waals surface area contributed by atoms with Crippen molar-refractivity contribution in [2.75, 3.05) is 0 Å². The second-order valence-electron chi connectivity index (χ2n) is 2.47. The van der Waals surface area contributed by atoms with Crippen molar-refractivity contribution in [3.8, 4) is 0 Å². The molecule has 1 rings (SSSR count). The summed E-state index contributed by atoms with van der Waals surface area (Å²) in [6, 6.07) is 0. The van der Waals surface area contributed by atoms with E-state index in [4.69, 9.17) is 31.2 Å². The molecule has 0 aromatic carbocycles. The molecule has 0 amide bonds. The van der Waals surface area contributed by atoms with Crippen molar-refractivity contribution in [3.63, 3.8) is 0 Å². The van der Waals surface area contributed by atoms with Crippen molar-refractivity contribution >= 4 is 0 Å². The number of rotatable bonds is 6. The molecule has 1 aliphatic carbocycles. The fraction of sp³-hybridized carbons (Fsp3) is 1.00. The zero-order valence-electron chi connectivity index (χ0n) is 6.98. The van der Waals surface area contributed by atoms with Crippen molar-refractivity contribution in [1.82, 2.24) is 16.2 Å². The highest BCUT2D eigenvalue weighted by molar-refractivity contribution is 5.01. The summed E-state index contributed by atoms with van der Waals surface area (Å²) in [7, 11) is 0. The minimum atomic E-state index is -1.18. The first kappa shape index (κ1) is 12.6. The molecule has 12 heteroatoms. The van der Waals surface area contributed by atoms with Gasteiger partial charge in [0.2, 0.25) is 0 Å². The van der Waals surface area contributed by atoms with Gasteiger partial charge in [-0.3, -0.25) is 31.2 Å². The van der Waals surface area contributed by atoms with Crippen molar-refractivity contribution in [3.05, 3.63) is 0 Å². The molecular weight excluding hydrogens is 222 g/mol. The van der Waals surface area contributed by atoms with Gasteiger partial charge in [0.1, 0.15) is 18.3 Å². The molecule has 0 aliphatic heterocycles. The molecule has 0 radical (unpaired) electrons. The molecule has 90 valence electrons. The number of hydrogen-bond donors (Lipinski definition) is 6. The standard InChI is InChI=1S/C3H9N3O9/c7-4(8)13-1-2(14-5(9)10)3(1)15-6(11)12/h1-3,7-12H. The van der Waals surface area contributed by atoms with Gasteiger partial charge in [0.25, 0.3) is 0 Å². The quantitative estimate of drug-likeness (QED) is 0.283. The van der Waals surface area contributed by atoms with E-state index in [1.54, 1.807) is 0 Å². The van der Waals surface area contributed by atoms with E-state index < -0.39 is 34.5 Å². The average Bonchev–Trinajstić information content (AvgIpc) is 2.60. The Hall–Kier alpha value is -0.480. The van der Waals surface area contributed by atoms with Crippen LogP contribution in [0.5, 0.6) is 0 Å². The van der Waals surface area contributed by atoms with Crippen molar-refractivity contribution in [2.45, 2.75) is 18.3 Å². The lowest BCUT2D eigenvalue weighted by Crippen LogP contribution is -2.22. The molecule has 0 spiro atoms. The summed E-state index contributed by atoms with van der Waals surface area (Å²) in [6.07, 6.45) is -3.53. The Morgan fingerprint density at radius 2 is 0.733 bits per heavy atom. The van der Waals surface area contributed by atoms with E-state index in [1.807, 2.05) is 0 Å². The summed E-state index contributed by atoms with van der Waals surface area (Å²) in [5, 5.41) is 47.5. The average molecular weight is 231 g/mol. The Morgan fingerprint density at radius 3 is 0.867 bits per heavy atom. The van der Waals surface area contributed by atoms with Crippen LogP contribution in [-0.4, -0.2) is 65.7 Å². The molecule has 1 fully saturated rings. The smallest absolute Gasteiger partial charge is 0.146 e. The second-order valence-corrected chi connectivity index (χ2v) is 2.47. The van der Waals surface area contributed by atoms with Crippen LogP contribution in [0.4, 0.5) is 0 Å². The largest absolute Gasteiger partial charge is 0.266 e. The molecule has 0 aromatic heterocycles. The van der Waals surface area contributed by atoms with Crippen LogP contribution in [-0.2, 0) is 14.5 Å². The van der Waals surface area contributed by atoms with Gasteiger partial charge in [-0.15, -0.1) is 0 Å². The Labute approximate surface area is 81.4 Å². The highest BCUT2D eigenvalue weighted by Gasteiger charge is 2.59. The Bertz CT molecular complexity index is 160. The summed E-state index contributed by atoms with van der Waals surface area (Å²) in [6.45, 7) is 0. The molecule has 0 heterocycles. The minimum absolute atomic E-state index is 0.664. The molecule has 1 aliphatic rings. The predicted octanol–water partition coefficient (Wildman–Crippen LogP) is -1.86. The second kappa shape index (κ2) is 5.03. The van der Waals surface area contributed by atoms with Gasteiger partial charge in [-0.25, -0.2) is 14.5 Å². The molecule has 15 heavy (non-hydrogen) atoms. The van der Waals surface area contributed by atoms with Crippen LogP contribution in [0.3, 0.4) is 0 Å². The lowest BCUT2D eigenvalue weighted by Gasteiger charge is -2.06. The predicted molar refractivity (Wildman–Crippen MR) is 30.9 cm³/mol. The van der Waals surface area contributed by atoms with Gasteiger partial charge in [-0.1, -0.05) is 0 Å². The SMILES string of the molecule is ON(O)OC1C(ON(O)O)C1ON(O)O. The lowest BCUT2D eigenvalue weighted by atomic mass is 10.8. The van der Waals surface area contributed by atoms with Crippen LogP contribution >= 0.6 is 0 Å². The van der Waals surface area contributed by atoms with E-state index in [1.165, 1.54) is 0 Å². The Kier molecular flexibility index (Phi) is 4.22. The third kappa shape index (κ3) is 3.87. The fourth-order valence-corrected chi connectivity index (χ4v) is 0.919. The maximum Gasteiger partial charge on any atom is 0.146 e. The van der Waals surface area contributed by atoms with Gasteiger partial charge < -0.3 is 0 Å². The van der Waals surface area contributed by atoms with Gasteiger partial charge in [0.05, 0.1) is 16.2 Å². The molecule has 0 aromatic rings. The Balaban J connectivity index is 2.39. The summed E-state index contributed by atoms with van der Waals surface area (Å²) >= 11 is 0. The minimum Gasteiger partial charge on any atom is -0.266 e. The first-order valence-electron chi connectivity index (χ1n) is 3.45. The van der Waals surface area contributed by atoms with E-state index in [-0.39, 0.29) is 0 Å². The number of nitrogens with zero attached hydrogens (tertiary/aromatic N) is 3. The van der Waals surface area contributed by atoms with Crippen LogP contribution in [0, 0.1) is 0 Å². The molecule has 12 nitrogen and oxygen atoms in total. The van der Waals surface area contributed by atoms with Crippen molar-refractivity contribution in [1.29, 1.82) is 0 Å². The summed E-state index contributed by atoms with van der Waals surface area (Å²) < 4.78 is 0. The third-order valence-corrected chi connectivity index (χ3v) is 1.48. The van der Waals surface area contributed by atoms with Crippen LogP contribution in [0.1, 0.15) is 0 Å². The van der Waals surface area contributed by atoms with Crippen LogP contribution in [0.2, 0.25) is 0 Å². The molecular formula is C3H9N3O9. The molecule has 6 N–H and O–H groups in total. The highest BCUT2D eigenvalue weighted by atomic mass is 17.1. The Morgan fingerprint density at radius 1 is 0.533 bits per heavy atom. The third-order valence-electron chi connectivity index (χ3n) is 1.48. The van der Waals surface area contributed by atoms with Crippen LogP contribution in [0.15, 0.2) is 0 Å².